The van der Waals surface area contributed by atoms with Crippen LogP contribution in [0, 0.1) is 16.0 Å². The Labute approximate surface area is 193 Å². The Morgan fingerprint density at radius 1 is 0.879 bits per heavy atom. The average Bonchev–Trinajstić information content (AvgIpc) is 2.87. The van der Waals surface area contributed by atoms with Crippen molar-refractivity contribution in [1.29, 1.82) is 0 Å². The molecule has 2 fully saturated rings. The maximum atomic E-state index is 12.6. The average molecular weight is 452 g/mol. The fraction of sp³-hybridized carbons (Fsp3) is 0.417. The molecular formula is C24H29N5O4. The third-order valence-corrected chi connectivity index (χ3v) is 6.45. The molecule has 2 amide bonds. The van der Waals surface area contributed by atoms with E-state index >= 15 is 0 Å². The zero-order chi connectivity index (χ0) is 23.2. The first kappa shape index (κ1) is 22.6. The molecule has 2 aliphatic heterocycles. The van der Waals surface area contributed by atoms with Crippen LogP contribution in [0.15, 0.2) is 54.6 Å². The van der Waals surface area contributed by atoms with Gasteiger partial charge in [0.15, 0.2) is 0 Å². The van der Waals surface area contributed by atoms with Gasteiger partial charge in [-0.25, -0.2) is 0 Å². The van der Waals surface area contributed by atoms with Gasteiger partial charge in [0.2, 0.25) is 11.8 Å². The quantitative estimate of drug-likeness (QED) is 0.534. The third kappa shape index (κ3) is 5.42. The van der Waals surface area contributed by atoms with E-state index in [0.717, 1.165) is 18.8 Å². The van der Waals surface area contributed by atoms with E-state index in [2.05, 4.69) is 22.3 Å². The molecule has 33 heavy (non-hydrogen) atoms. The van der Waals surface area contributed by atoms with Gasteiger partial charge in [-0.3, -0.25) is 19.7 Å². The largest absolute Gasteiger partial charge is 0.368 e. The maximum absolute atomic E-state index is 12.6. The van der Waals surface area contributed by atoms with Gasteiger partial charge in [0.25, 0.3) is 5.69 Å². The lowest BCUT2D eigenvalue weighted by molar-refractivity contribution is -0.384. The highest BCUT2D eigenvalue weighted by atomic mass is 16.6. The van der Waals surface area contributed by atoms with Crippen molar-refractivity contribution < 1.29 is 14.5 Å². The number of piperazine rings is 1. The second-order valence-corrected chi connectivity index (χ2v) is 8.43. The van der Waals surface area contributed by atoms with Crippen molar-refractivity contribution in [3.8, 4) is 0 Å². The smallest absolute Gasteiger partial charge is 0.292 e. The summed E-state index contributed by atoms with van der Waals surface area (Å²) in [5.74, 6) is -0.367. The standard InChI is InChI=1S/C24H29N5O4/c30-23(28-16-14-26(15-17-28)20-6-2-1-3-7-20)18-25-24(31)19-10-12-27(13-11-19)21-8-4-5-9-22(21)29(32)33/h1-9,19H,10-18H2,(H,25,31). The van der Waals surface area contributed by atoms with Crippen LogP contribution in [-0.4, -0.2) is 67.5 Å². The number of hydrogen-bond acceptors (Lipinski definition) is 6. The van der Waals surface area contributed by atoms with Gasteiger partial charge in [-0.1, -0.05) is 30.3 Å². The fourth-order valence-electron chi connectivity index (χ4n) is 4.54. The molecule has 0 aliphatic carbocycles. The number of nitro benzene ring substituents is 1. The number of para-hydroxylation sites is 3. The number of piperidine rings is 1. The molecule has 0 atom stereocenters. The van der Waals surface area contributed by atoms with Gasteiger partial charge in [0.05, 0.1) is 11.5 Å². The van der Waals surface area contributed by atoms with E-state index in [1.165, 1.54) is 6.07 Å². The van der Waals surface area contributed by atoms with Crippen LogP contribution in [0.1, 0.15) is 12.8 Å². The fourth-order valence-corrected chi connectivity index (χ4v) is 4.54. The van der Waals surface area contributed by atoms with Gasteiger partial charge in [-0.15, -0.1) is 0 Å². The molecule has 174 valence electrons. The summed E-state index contributed by atoms with van der Waals surface area (Å²) in [6.07, 6.45) is 1.20. The summed E-state index contributed by atoms with van der Waals surface area (Å²) in [5.41, 5.74) is 1.83. The molecular weight excluding hydrogens is 422 g/mol. The molecule has 9 heteroatoms. The van der Waals surface area contributed by atoms with Gasteiger partial charge in [0, 0.05) is 56.9 Å². The number of amides is 2. The minimum absolute atomic E-state index is 0.00847. The number of nitrogens with one attached hydrogen (secondary N) is 1. The number of nitro groups is 1. The van der Waals surface area contributed by atoms with Gasteiger partial charge in [-0.05, 0) is 31.0 Å². The van der Waals surface area contributed by atoms with Crippen LogP contribution in [0.5, 0.6) is 0 Å². The van der Waals surface area contributed by atoms with Crippen molar-refractivity contribution in [2.75, 3.05) is 55.6 Å². The van der Waals surface area contributed by atoms with E-state index < -0.39 is 0 Å². The zero-order valence-corrected chi connectivity index (χ0v) is 18.6. The zero-order valence-electron chi connectivity index (χ0n) is 18.6. The number of carbonyl (C=O) groups is 2. The first-order chi connectivity index (χ1) is 16.0. The Balaban J connectivity index is 1.21. The molecule has 2 aromatic rings. The molecule has 9 nitrogen and oxygen atoms in total. The molecule has 0 unspecified atom stereocenters. The summed E-state index contributed by atoms with van der Waals surface area (Å²) in [5, 5.41) is 14.1. The number of benzene rings is 2. The van der Waals surface area contributed by atoms with Crippen LogP contribution in [0.2, 0.25) is 0 Å². The molecule has 2 aromatic carbocycles. The highest BCUT2D eigenvalue weighted by molar-refractivity contribution is 5.86. The predicted octanol–water partition coefficient (Wildman–Crippen LogP) is 2.28. The Morgan fingerprint density at radius 2 is 1.52 bits per heavy atom. The number of nitrogens with zero attached hydrogens (tertiary/aromatic N) is 4. The van der Waals surface area contributed by atoms with E-state index in [1.807, 2.05) is 23.1 Å². The SMILES string of the molecule is O=C(NCC(=O)N1CCN(c2ccccc2)CC1)C1CCN(c2ccccc2[N+](=O)[O-])CC1. The van der Waals surface area contributed by atoms with Gasteiger partial charge >= 0.3 is 0 Å². The molecule has 0 saturated carbocycles. The summed E-state index contributed by atoms with van der Waals surface area (Å²) in [6.45, 7) is 3.96. The highest BCUT2D eigenvalue weighted by Crippen LogP contribution is 2.31. The highest BCUT2D eigenvalue weighted by Gasteiger charge is 2.29. The van der Waals surface area contributed by atoms with Crippen LogP contribution < -0.4 is 15.1 Å². The van der Waals surface area contributed by atoms with Crippen molar-refractivity contribution in [3.05, 3.63) is 64.7 Å². The summed E-state index contributed by atoms with van der Waals surface area (Å²) >= 11 is 0. The van der Waals surface area contributed by atoms with Crippen LogP contribution in [0.25, 0.3) is 0 Å². The molecule has 4 rings (SSSR count). The molecule has 0 spiro atoms. The Bertz CT molecular complexity index is 983. The lowest BCUT2D eigenvalue weighted by Crippen LogP contribution is -2.52. The minimum Gasteiger partial charge on any atom is -0.368 e. The second-order valence-electron chi connectivity index (χ2n) is 8.43. The minimum atomic E-state index is -0.376. The number of anilines is 2. The van der Waals surface area contributed by atoms with E-state index in [-0.39, 0.29) is 34.9 Å². The van der Waals surface area contributed by atoms with Gasteiger partial charge < -0.3 is 20.0 Å². The predicted molar refractivity (Wildman–Crippen MR) is 126 cm³/mol. The maximum Gasteiger partial charge on any atom is 0.292 e. The van der Waals surface area contributed by atoms with Crippen molar-refractivity contribution in [3.63, 3.8) is 0 Å². The molecule has 0 radical (unpaired) electrons. The van der Waals surface area contributed by atoms with Crippen LogP contribution >= 0.6 is 0 Å². The van der Waals surface area contributed by atoms with Crippen molar-refractivity contribution in [2.45, 2.75) is 12.8 Å². The van der Waals surface area contributed by atoms with E-state index in [4.69, 9.17) is 0 Å². The summed E-state index contributed by atoms with van der Waals surface area (Å²) in [6, 6.07) is 16.8. The second kappa shape index (κ2) is 10.3. The third-order valence-electron chi connectivity index (χ3n) is 6.45. The van der Waals surface area contributed by atoms with Crippen LogP contribution in [-0.2, 0) is 9.59 Å². The first-order valence-electron chi connectivity index (χ1n) is 11.4. The number of hydrogen-bond donors (Lipinski definition) is 1. The summed E-state index contributed by atoms with van der Waals surface area (Å²) in [7, 11) is 0. The number of rotatable bonds is 6. The molecule has 2 aliphatic rings. The molecule has 1 N–H and O–H groups in total. The van der Waals surface area contributed by atoms with E-state index in [0.29, 0.717) is 44.7 Å². The molecule has 2 saturated heterocycles. The first-order valence-corrected chi connectivity index (χ1v) is 11.4. The van der Waals surface area contributed by atoms with Crippen molar-refractivity contribution >= 4 is 28.9 Å². The van der Waals surface area contributed by atoms with Gasteiger partial charge in [-0.2, -0.15) is 0 Å². The lowest BCUT2D eigenvalue weighted by Gasteiger charge is -2.36. The Morgan fingerprint density at radius 3 is 2.18 bits per heavy atom. The Kier molecular flexibility index (Phi) is 7.07. The van der Waals surface area contributed by atoms with Crippen molar-refractivity contribution in [2.24, 2.45) is 5.92 Å². The lowest BCUT2D eigenvalue weighted by atomic mass is 9.95. The molecule has 0 aromatic heterocycles. The Hall–Kier alpha value is -3.62. The normalized spacial score (nSPS) is 17.0. The van der Waals surface area contributed by atoms with Crippen LogP contribution in [0.3, 0.4) is 0 Å². The van der Waals surface area contributed by atoms with Crippen molar-refractivity contribution in [1.82, 2.24) is 10.2 Å². The van der Waals surface area contributed by atoms with E-state index in [1.54, 1.807) is 23.1 Å². The molecule has 0 bridgehead atoms. The van der Waals surface area contributed by atoms with Gasteiger partial charge in [0.1, 0.15) is 5.69 Å². The summed E-state index contributed by atoms with van der Waals surface area (Å²) in [4.78, 5) is 42.1. The topological polar surface area (TPSA) is 99.0 Å². The molecule has 2 heterocycles. The number of carbonyl (C=O) groups excluding carboxylic acids is 2. The van der Waals surface area contributed by atoms with Crippen LogP contribution in [0.4, 0.5) is 17.1 Å². The monoisotopic (exact) mass is 451 g/mol. The van der Waals surface area contributed by atoms with E-state index in [9.17, 15) is 19.7 Å². The summed E-state index contributed by atoms with van der Waals surface area (Å²) < 4.78 is 0.